The van der Waals surface area contributed by atoms with Crippen molar-refractivity contribution in [3.8, 4) is 5.75 Å². The van der Waals surface area contributed by atoms with Crippen LogP contribution in [0.25, 0.3) is 0 Å². The van der Waals surface area contributed by atoms with E-state index in [1.807, 2.05) is 0 Å². The lowest BCUT2D eigenvalue weighted by atomic mass is 9.71. The van der Waals surface area contributed by atoms with Gasteiger partial charge in [-0.1, -0.05) is 25.9 Å². The Morgan fingerprint density at radius 1 is 1.32 bits per heavy atom. The van der Waals surface area contributed by atoms with Crippen molar-refractivity contribution in [2.75, 3.05) is 10.6 Å². The summed E-state index contributed by atoms with van der Waals surface area (Å²) in [7, 11) is 0. The van der Waals surface area contributed by atoms with Crippen molar-refractivity contribution in [1.29, 1.82) is 0 Å². The summed E-state index contributed by atoms with van der Waals surface area (Å²) in [6.07, 6.45) is 2.09. The van der Waals surface area contributed by atoms with Crippen LogP contribution in [0.1, 0.15) is 55.9 Å². The number of amides is 2. The second-order valence-electron chi connectivity index (χ2n) is 8.65. The fourth-order valence-electron chi connectivity index (χ4n) is 3.80. The highest BCUT2D eigenvalue weighted by Gasteiger charge is 2.34. The maximum atomic E-state index is 12.8. The average Bonchev–Trinajstić information content (AvgIpc) is 3.05. The molecule has 1 aliphatic heterocycles. The van der Waals surface area contributed by atoms with E-state index in [9.17, 15) is 9.59 Å². The normalized spacial score (nSPS) is 21.2. The maximum absolute atomic E-state index is 12.8. The number of hydrogen-bond acceptors (Lipinski definition) is 5. The molecule has 2 N–H and O–H groups in total. The lowest BCUT2D eigenvalue weighted by molar-refractivity contribution is -0.122. The van der Waals surface area contributed by atoms with E-state index in [-0.39, 0.29) is 17.2 Å². The Kier molecular flexibility index (Phi) is 4.40. The van der Waals surface area contributed by atoms with Crippen molar-refractivity contribution in [2.24, 2.45) is 11.3 Å². The van der Waals surface area contributed by atoms with Crippen molar-refractivity contribution in [3.63, 3.8) is 0 Å². The number of anilines is 2. The molecule has 0 saturated carbocycles. The molecule has 7 nitrogen and oxygen atoms in total. The molecule has 2 amide bonds. The third kappa shape index (κ3) is 3.37. The monoisotopic (exact) mass is 383 g/mol. The van der Waals surface area contributed by atoms with Crippen LogP contribution in [0.15, 0.2) is 22.7 Å². The van der Waals surface area contributed by atoms with E-state index >= 15 is 0 Å². The minimum atomic E-state index is -0.537. The number of carbonyl (C=O) groups excluding carboxylic acids is 2. The van der Waals surface area contributed by atoms with Gasteiger partial charge in [0.25, 0.3) is 11.8 Å². The molecule has 0 spiro atoms. The number of carbonyl (C=O) groups is 2. The second-order valence-corrected chi connectivity index (χ2v) is 8.65. The van der Waals surface area contributed by atoms with Gasteiger partial charge in [0.05, 0.1) is 5.69 Å². The van der Waals surface area contributed by atoms with Crippen LogP contribution in [-0.4, -0.2) is 23.1 Å². The smallest absolute Gasteiger partial charge is 0.278 e. The summed E-state index contributed by atoms with van der Waals surface area (Å²) >= 11 is 0. The van der Waals surface area contributed by atoms with E-state index in [1.165, 1.54) is 0 Å². The highest BCUT2D eigenvalue weighted by atomic mass is 16.5. The van der Waals surface area contributed by atoms with Gasteiger partial charge in [-0.25, -0.2) is 0 Å². The summed E-state index contributed by atoms with van der Waals surface area (Å²) in [6, 6.07) is 5.15. The van der Waals surface area contributed by atoms with Crippen LogP contribution in [0.2, 0.25) is 0 Å². The van der Waals surface area contributed by atoms with Crippen molar-refractivity contribution in [3.05, 3.63) is 35.2 Å². The van der Waals surface area contributed by atoms with Gasteiger partial charge in [0.15, 0.2) is 11.8 Å². The van der Waals surface area contributed by atoms with Crippen LogP contribution < -0.4 is 15.4 Å². The van der Waals surface area contributed by atoms with Crippen LogP contribution in [0, 0.1) is 11.3 Å². The van der Waals surface area contributed by atoms with E-state index in [0.717, 1.165) is 30.6 Å². The van der Waals surface area contributed by atoms with Crippen LogP contribution in [0.3, 0.4) is 0 Å². The Balaban J connectivity index is 1.54. The molecule has 0 fully saturated rings. The maximum Gasteiger partial charge on any atom is 0.278 e. The van der Waals surface area contributed by atoms with E-state index in [2.05, 4.69) is 36.6 Å². The summed E-state index contributed by atoms with van der Waals surface area (Å²) in [4.78, 5) is 24.6. The summed E-state index contributed by atoms with van der Waals surface area (Å²) < 4.78 is 11.0. The number of rotatable bonds is 2. The van der Waals surface area contributed by atoms with Gasteiger partial charge in [0.2, 0.25) is 0 Å². The lowest BCUT2D eigenvalue weighted by Gasteiger charge is -2.33. The highest BCUT2D eigenvalue weighted by molar-refractivity contribution is 6.05. The standard InChI is InChI=1S/C21H25N3O4/c1-11-19(25)23-15-10-13(6-8-17(15)27-11)22-20(26)18-14-9-12(21(2,3)4)5-7-16(14)28-24-18/h6,8,10-12H,5,7,9H2,1-4H3,(H,22,26)(H,23,25)/t11-,12+/m1/s1. The van der Waals surface area contributed by atoms with Gasteiger partial charge in [0, 0.05) is 17.7 Å². The van der Waals surface area contributed by atoms with Crippen LogP contribution in [0.4, 0.5) is 11.4 Å². The topological polar surface area (TPSA) is 93.5 Å². The van der Waals surface area contributed by atoms with Crippen LogP contribution >= 0.6 is 0 Å². The molecular weight excluding hydrogens is 358 g/mol. The number of ether oxygens (including phenoxy) is 1. The number of aryl methyl sites for hydroxylation is 1. The predicted octanol–water partition coefficient (Wildman–Crippen LogP) is 3.80. The minimum Gasteiger partial charge on any atom is -0.479 e. The molecule has 148 valence electrons. The number of aromatic nitrogens is 1. The summed E-state index contributed by atoms with van der Waals surface area (Å²) in [6.45, 7) is 8.35. The van der Waals surface area contributed by atoms with Crippen molar-refractivity contribution < 1.29 is 18.8 Å². The van der Waals surface area contributed by atoms with E-state index in [4.69, 9.17) is 9.26 Å². The molecule has 2 aromatic rings. The number of nitrogens with one attached hydrogen (secondary N) is 2. The highest BCUT2D eigenvalue weighted by Crippen LogP contribution is 2.38. The molecule has 7 heteroatoms. The molecule has 2 atom stereocenters. The van der Waals surface area contributed by atoms with Crippen molar-refractivity contribution in [1.82, 2.24) is 5.16 Å². The Labute approximate surface area is 163 Å². The fraction of sp³-hybridized carbons (Fsp3) is 0.476. The minimum absolute atomic E-state index is 0.163. The summed E-state index contributed by atoms with van der Waals surface area (Å²) in [5.41, 5.74) is 2.51. The summed E-state index contributed by atoms with van der Waals surface area (Å²) in [5.74, 6) is 1.34. The molecule has 1 aromatic carbocycles. The number of fused-ring (bicyclic) bond motifs is 2. The molecule has 2 heterocycles. The first-order chi connectivity index (χ1) is 13.2. The molecule has 0 unspecified atom stereocenters. The first kappa shape index (κ1) is 18.5. The van der Waals surface area contributed by atoms with Gasteiger partial charge in [-0.3, -0.25) is 9.59 Å². The van der Waals surface area contributed by atoms with Gasteiger partial charge in [0.1, 0.15) is 11.5 Å². The molecule has 2 aliphatic rings. The molecular formula is C21H25N3O4. The quantitative estimate of drug-likeness (QED) is 0.823. The van der Waals surface area contributed by atoms with Gasteiger partial charge in [-0.15, -0.1) is 0 Å². The third-order valence-electron chi connectivity index (χ3n) is 5.65. The van der Waals surface area contributed by atoms with Crippen molar-refractivity contribution in [2.45, 2.75) is 53.1 Å². The molecule has 4 rings (SSSR count). The van der Waals surface area contributed by atoms with E-state index in [1.54, 1.807) is 25.1 Å². The molecule has 28 heavy (non-hydrogen) atoms. The average molecular weight is 383 g/mol. The number of hydrogen-bond donors (Lipinski definition) is 2. The van der Waals surface area contributed by atoms with Crippen LogP contribution in [0.5, 0.6) is 5.75 Å². The molecule has 0 saturated heterocycles. The fourth-order valence-corrected chi connectivity index (χ4v) is 3.80. The van der Waals surface area contributed by atoms with E-state index < -0.39 is 6.10 Å². The molecule has 0 radical (unpaired) electrons. The zero-order valence-electron chi connectivity index (χ0n) is 16.6. The van der Waals surface area contributed by atoms with E-state index in [0.29, 0.717) is 28.7 Å². The summed E-state index contributed by atoms with van der Waals surface area (Å²) in [5, 5.41) is 9.68. The predicted molar refractivity (Wildman–Crippen MR) is 105 cm³/mol. The molecule has 0 bridgehead atoms. The zero-order valence-corrected chi connectivity index (χ0v) is 16.6. The Morgan fingerprint density at radius 3 is 2.86 bits per heavy atom. The van der Waals surface area contributed by atoms with Gasteiger partial charge in [-0.05, 0) is 49.3 Å². The lowest BCUT2D eigenvalue weighted by Crippen LogP contribution is -2.34. The molecule has 1 aromatic heterocycles. The zero-order chi connectivity index (χ0) is 20.1. The third-order valence-corrected chi connectivity index (χ3v) is 5.65. The van der Waals surface area contributed by atoms with Gasteiger partial charge in [-0.2, -0.15) is 0 Å². The number of nitrogens with zero attached hydrogens (tertiary/aromatic N) is 1. The second kappa shape index (κ2) is 6.65. The first-order valence-electron chi connectivity index (χ1n) is 9.62. The number of benzene rings is 1. The van der Waals surface area contributed by atoms with Gasteiger partial charge < -0.3 is 19.9 Å². The first-order valence-corrected chi connectivity index (χ1v) is 9.62. The van der Waals surface area contributed by atoms with Gasteiger partial charge >= 0.3 is 0 Å². The SMILES string of the molecule is C[C@H]1Oc2ccc(NC(=O)c3noc4c3C[C@@H](C(C)(C)C)CC4)cc2NC1=O. The van der Waals surface area contributed by atoms with Crippen LogP contribution in [-0.2, 0) is 17.6 Å². The Hall–Kier alpha value is -2.83. The largest absolute Gasteiger partial charge is 0.479 e. The molecule has 1 aliphatic carbocycles. The Morgan fingerprint density at radius 2 is 2.11 bits per heavy atom. The Bertz CT molecular complexity index is 942. The van der Waals surface area contributed by atoms with Crippen molar-refractivity contribution >= 4 is 23.2 Å².